The molecule has 0 aromatic heterocycles. The Morgan fingerprint density at radius 1 is 1.45 bits per heavy atom. The summed E-state index contributed by atoms with van der Waals surface area (Å²) in [6, 6.07) is 4.26. The van der Waals surface area contributed by atoms with E-state index in [0.717, 1.165) is 24.3 Å². The van der Waals surface area contributed by atoms with Crippen molar-refractivity contribution in [3.63, 3.8) is 0 Å². The molecule has 0 fully saturated rings. The molecule has 1 N–H and O–H groups in total. The quantitative estimate of drug-likeness (QED) is 0.265. The van der Waals surface area contributed by atoms with Crippen molar-refractivity contribution < 1.29 is 22.9 Å². The molecule has 0 heterocycles. The minimum Gasteiger partial charge on any atom is -0.464 e. The lowest BCUT2D eigenvalue weighted by Crippen LogP contribution is -2.37. The number of non-ortho nitro benzene ring substituents is 1. The topological polar surface area (TPSA) is 116 Å². The van der Waals surface area contributed by atoms with Crippen LogP contribution in [0.4, 0.5) is 5.69 Å². The van der Waals surface area contributed by atoms with Crippen molar-refractivity contribution in [2.45, 2.75) is 16.8 Å². The first-order valence-electron chi connectivity index (χ1n) is 5.35. The second-order valence-electron chi connectivity index (χ2n) is 3.49. The van der Waals surface area contributed by atoms with Crippen molar-refractivity contribution in [2.75, 3.05) is 6.61 Å². The van der Waals surface area contributed by atoms with E-state index in [4.69, 9.17) is 0 Å². The van der Waals surface area contributed by atoms with Gasteiger partial charge in [-0.25, -0.2) is 13.2 Å². The number of nitrogens with zero attached hydrogens (tertiary/aromatic N) is 1. The van der Waals surface area contributed by atoms with E-state index in [1.807, 2.05) is 0 Å². The van der Waals surface area contributed by atoms with Gasteiger partial charge in [0.15, 0.2) is 4.95 Å². The summed E-state index contributed by atoms with van der Waals surface area (Å²) in [6.45, 7) is 1.70. The third kappa shape index (κ3) is 4.25. The Balaban J connectivity index is 2.88. The lowest BCUT2D eigenvalue weighted by molar-refractivity contribution is -0.384. The Kier molecular flexibility index (Phi) is 5.60. The van der Waals surface area contributed by atoms with Crippen LogP contribution in [0.3, 0.4) is 0 Å². The highest BCUT2D eigenvalue weighted by molar-refractivity contribution is 9.10. The summed E-state index contributed by atoms with van der Waals surface area (Å²) in [4.78, 5) is 19.7. The number of hydrogen-bond donors (Lipinski definition) is 1. The van der Waals surface area contributed by atoms with E-state index in [2.05, 4.69) is 25.4 Å². The molecule has 20 heavy (non-hydrogen) atoms. The van der Waals surface area contributed by atoms with Gasteiger partial charge >= 0.3 is 5.97 Å². The summed E-state index contributed by atoms with van der Waals surface area (Å²) >= 11 is 2.84. The molecule has 1 aromatic rings. The van der Waals surface area contributed by atoms with E-state index in [0.29, 0.717) is 0 Å². The fourth-order valence-corrected chi connectivity index (χ4v) is 3.08. The van der Waals surface area contributed by atoms with Gasteiger partial charge in [-0.3, -0.25) is 10.1 Å². The third-order valence-electron chi connectivity index (χ3n) is 2.11. The van der Waals surface area contributed by atoms with E-state index in [9.17, 15) is 23.3 Å². The van der Waals surface area contributed by atoms with Gasteiger partial charge in [0.05, 0.1) is 16.4 Å². The number of nitrogens with one attached hydrogen (secondary N) is 1. The molecule has 1 rings (SSSR count). The molecule has 0 spiro atoms. The SMILES string of the molecule is CCOC(=O)C(Br)NS(=O)(=O)c1ccc([N+](=O)[O-])cc1. The monoisotopic (exact) mass is 366 g/mol. The molecule has 8 nitrogen and oxygen atoms in total. The third-order valence-corrected chi connectivity index (χ3v) is 4.45. The van der Waals surface area contributed by atoms with E-state index >= 15 is 0 Å². The van der Waals surface area contributed by atoms with Crippen LogP contribution in [0.5, 0.6) is 0 Å². The average molecular weight is 367 g/mol. The van der Waals surface area contributed by atoms with Crippen LogP contribution in [0.25, 0.3) is 0 Å². The van der Waals surface area contributed by atoms with Crippen molar-refractivity contribution in [2.24, 2.45) is 0 Å². The van der Waals surface area contributed by atoms with Crippen LogP contribution in [0, 0.1) is 10.1 Å². The molecule has 10 heteroatoms. The summed E-state index contributed by atoms with van der Waals surface area (Å²) in [5.41, 5.74) is -0.232. The number of nitro groups is 1. The molecular weight excluding hydrogens is 356 g/mol. The lowest BCUT2D eigenvalue weighted by atomic mass is 10.3. The van der Waals surface area contributed by atoms with Crippen molar-refractivity contribution in [3.05, 3.63) is 34.4 Å². The molecule has 0 aliphatic rings. The van der Waals surface area contributed by atoms with Gasteiger partial charge in [-0.2, -0.15) is 4.72 Å². The second-order valence-corrected chi connectivity index (χ2v) is 6.12. The van der Waals surface area contributed by atoms with Gasteiger partial charge in [0.2, 0.25) is 10.0 Å². The van der Waals surface area contributed by atoms with E-state index in [-0.39, 0.29) is 17.2 Å². The fourth-order valence-electron chi connectivity index (χ4n) is 1.21. The standard InChI is InChI=1S/C10H11BrN2O6S/c1-2-19-10(14)9(11)12-20(17,18)8-5-3-7(4-6-8)13(15)16/h3-6,9,12H,2H2,1H3. The Labute approximate surface area is 123 Å². The molecule has 0 saturated heterocycles. The van der Waals surface area contributed by atoms with Gasteiger partial charge in [0, 0.05) is 12.1 Å². The first-order valence-corrected chi connectivity index (χ1v) is 7.75. The van der Waals surface area contributed by atoms with Crippen molar-refractivity contribution in [1.82, 2.24) is 4.72 Å². The predicted octanol–water partition coefficient (Wildman–Crippen LogP) is 1.16. The van der Waals surface area contributed by atoms with Crippen molar-refractivity contribution in [3.8, 4) is 0 Å². The van der Waals surface area contributed by atoms with Crippen molar-refractivity contribution in [1.29, 1.82) is 0 Å². The number of rotatable bonds is 6. The number of hydrogen-bond acceptors (Lipinski definition) is 6. The maximum Gasteiger partial charge on any atom is 0.335 e. The predicted molar refractivity (Wildman–Crippen MR) is 72.8 cm³/mol. The van der Waals surface area contributed by atoms with Crippen LogP contribution in [0.1, 0.15) is 6.92 Å². The van der Waals surface area contributed by atoms with Gasteiger partial charge in [-0.05, 0) is 19.1 Å². The zero-order valence-electron chi connectivity index (χ0n) is 10.3. The summed E-state index contributed by atoms with van der Waals surface area (Å²) in [5.74, 6) is -0.780. The van der Waals surface area contributed by atoms with Crippen LogP contribution < -0.4 is 4.72 Å². The number of esters is 1. The van der Waals surface area contributed by atoms with Crippen LogP contribution in [-0.2, 0) is 19.6 Å². The van der Waals surface area contributed by atoms with E-state index in [1.54, 1.807) is 6.92 Å². The number of ether oxygens (including phenoxy) is 1. The number of carbonyl (C=O) groups excluding carboxylic acids is 1. The number of nitro benzene ring substituents is 1. The number of sulfonamides is 1. The molecule has 0 radical (unpaired) electrons. The molecule has 1 aromatic carbocycles. The molecular formula is C10H11BrN2O6S. The minimum atomic E-state index is -3.99. The molecule has 0 amide bonds. The number of carbonyl (C=O) groups is 1. The molecule has 110 valence electrons. The maximum absolute atomic E-state index is 11.9. The zero-order chi connectivity index (χ0) is 15.3. The molecule has 1 unspecified atom stereocenters. The highest BCUT2D eigenvalue weighted by atomic mass is 79.9. The number of benzene rings is 1. The van der Waals surface area contributed by atoms with Gasteiger partial charge in [0.1, 0.15) is 0 Å². The van der Waals surface area contributed by atoms with Gasteiger partial charge < -0.3 is 4.74 Å². The lowest BCUT2D eigenvalue weighted by Gasteiger charge is -2.11. The summed E-state index contributed by atoms with van der Waals surface area (Å²) in [7, 11) is -3.99. The molecule has 0 bridgehead atoms. The second kappa shape index (κ2) is 6.77. The van der Waals surface area contributed by atoms with Crippen LogP contribution in [0.2, 0.25) is 0 Å². The number of halogens is 1. The van der Waals surface area contributed by atoms with Gasteiger partial charge in [-0.1, -0.05) is 15.9 Å². The summed E-state index contributed by atoms with van der Waals surface area (Å²) in [6.07, 6.45) is 0. The first kappa shape index (κ1) is 16.5. The average Bonchev–Trinajstić information content (AvgIpc) is 2.38. The smallest absolute Gasteiger partial charge is 0.335 e. The zero-order valence-corrected chi connectivity index (χ0v) is 12.7. The molecule has 0 saturated carbocycles. The Hall–Kier alpha value is -1.52. The number of alkyl halides is 1. The maximum atomic E-state index is 11.9. The summed E-state index contributed by atoms with van der Waals surface area (Å²) < 4.78 is 30.5. The minimum absolute atomic E-state index is 0.111. The molecule has 0 aliphatic carbocycles. The Bertz CT molecular complexity index is 601. The largest absolute Gasteiger partial charge is 0.464 e. The van der Waals surface area contributed by atoms with Gasteiger partial charge in [0.25, 0.3) is 5.69 Å². The highest BCUT2D eigenvalue weighted by Crippen LogP contribution is 2.16. The van der Waals surface area contributed by atoms with E-state index in [1.165, 1.54) is 0 Å². The normalized spacial score (nSPS) is 12.7. The molecule has 0 aliphatic heterocycles. The molecule has 1 atom stereocenters. The highest BCUT2D eigenvalue weighted by Gasteiger charge is 2.24. The fraction of sp³-hybridized carbons (Fsp3) is 0.300. The van der Waals surface area contributed by atoms with E-state index < -0.39 is 25.9 Å². The first-order chi connectivity index (χ1) is 9.27. The van der Waals surface area contributed by atoms with Crippen LogP contribution in [-0.4, -0.2) is 30.9 Å². The Morgan fingerprint density at radius 3 is 2.45 bits per heavy atom. The van der Waals surface area contributed by atoms with Crippen LogP contribution in [0.15, 0.2) is 29.2 Å². The summed E-state index contributed by atoms with van der Waals surface area (Å²) in [5, 5.41) is 10.5. The van der Waals surface area contributed by atoms with Crippen LogP contribution >= 0.6 is 15.9 Å². The Morgan fingerprint density at radius 2 is 2.00 bits per heavy atom. The van der Waals surface area contributed by atoms with Gasteiger partial charge in [-0.15, -0.1) is 0 Å². The van der Waals surface area contributed by atoms with Crippen molar-refractivity contribution >= 4 is 37.6 Å².